The molecule has 92 valence electrons. The number of rotatable bonds is 3. The van der Waals surface area contributed by atoms with Crippen molar-refractivity contribution in [3.05, 3.63) is 34.3 Å². The highest BCUT2D eigenvalue weighted by molar-refractivity contribution is 9.10. The molecule has 0 radical (unpaired) electrons. The van der Waals surface area contributed by atoms with Crippen LogP contribution in [0.5, 0.6) is 0 Å². The van der Waals surface area contributed by atoms with Gasteiger partial charge < -0.3 is 9.64 Å². The second kappa shape index (κ2) is 5.65. The summed E-state index contributed by atoms with van der Waals surface area (Å²) in [7, 11) is 1.85. The van der Waals surface area contributed by atoms with Gasteiger partial charge in [-0.2, -0.15) is 0 Å². The molecule has 1 unspecified atom stereocenters. The standard InChI is InChI=1S/C13H16BrNO2/c1-15(8-10-6-7-17-9-10)13(16)11-2-4-12(14)5-3-11/h2-5,10H,6-9H2,1H3. The highest BCUT2D eigenvalue weighted by Crippen LogP contribution is 2.16. The summed E-state index contributed by atoms with van der Waals surface area (Å²) in [5, 5.41) is 0. The molecule has 0 bridgehead atoms. The molecule has 1 fully saturated rings. The molecular formula is C13H16BrNO2. The largest absolute Gasteiger partial charge is 0.381 e. The SMILES string of the molecule is CN(CC1CCOC1)C(=O)c1ccc(Br)cc1. The molecule has 0 spiro atoms. The van der Waals surface area contributed by atoms with Crippen molar-refractivity contribution in [1.82, 2.24) is 4.90 Å². The number of hydrogen-bond acceptors (Lipinski definition) is 2. The monoisotopic (exact) mass is 297 g/mol. The van der Waals surface area contributed by atoms with E-state index >= 15 is 0 Å². The molecule has 4 heteroatoms. The minimum Gasteiger partial charge on any atom is -0.381 e. The van der Waals surface area contributed by atoms with Crippen molar-refractivity contribution in [2.24, 2.45) is 5.92 Å². The third-order valence-electron chi connectivity index (χ3n) is 2.99. The number of carbonyl (C=O) groups is 1. The van der Waals surface area contributed by atoms with Crippen molar-refractivity contribution >= 4 is 21.8 Å². The van der Waals surface area contributed by atoms with E-state index in [0.29, 0.717) is 5.92 Å². The smallest absolute Gasteiger partial charge is 0.253 e. The number of nitrogens with zero attached hydrogens (tertiary/aromatic N) is 1. The van der Waals surface area contributed by atoms with Gasteiger partial charge in [-0.25, -0.2) is 0 Å². The first-order valence-electron chi connectivity index (χ1n) is 5.75. The van der Waals surface area contributed by atoms with Gasteiger partial charge in [0.15, 0.2) is 0 Å². The molecule has 1 aromatic carbocycles. The number of halogens is 1. The van der Waals surface area contributed by atoms with Crippen LogP contribution in [0.25, 0.3) is 0 Å². The summed E-state index contributed by atoms with van der Waals surface area (Å²) in [6.45, 7) is 2.37. The zero-order chi connectivity index (χ0) is 12.3. The molecule has 1 aliphatic heterocycles. The van der Waals surface area contributed by atoms with Crippen molar-refractivity contribution < 1.29 is 9.53 Å². The summed E-state index contributed by atoms with van der Waals surface area (Å²) >= 11 is 3.36. The maximum atomic E-state index is 12.1. The lowest BCUT2D eigenvalue weighted by Crippen LogP contribution is -2.32. The molecule has 0 saturated carbocycles. The van der Waals surface area contributed by atoms with Crippen LogP contribution in [-0.2, 0) is 4.74 Å². The summed E-state index contributed by atoms with van der Waals surface area (Å²) in [6, 6.07) is 7.46. The predicted molar refractivity (Wildman–Crippen MR) is 70.0 cm³/mol. The van der Waals surface area contributed by atoms with E-state index in [1.807, 2.05) is 31.3 Å². The van der Waals surface area contributed by atoms with E-state index < -0.39 is 0 Å². The Labute approximate surface area is 110 Å². The van der Waals surface area contributed by atoms with Gasteiger partial charge in [0, 0.05) is 36.2 Å². The van der Waals surface area contributed by atoms with E-state index in [1.165, 1.54) is 0 Å². The number of ether oxygens (including phenoxy) is 1. The Hall–Kier alpha value is -0.870. The molecule has 0 aromatic heterocycles. The highest BCUT2D eigenvalue weighted by atomic mass is 79.9. The maximum Gasteiger partial charge on any atom is 0.253 e. The van der Waals surface area contributed by atoms with Gasteiger partial charge in [-0.15, -0.1) is 0 Å². The van der Waals surface area contributed by atoms with Crippen molar-refractivity contribution in [3.8, 4) is 0 Å². The van der Waals surface area contributed by atoms with Crippen molar-refractivity contribution in [3.63, 3.8) is 0 Å². The molecule has 0 aliphatic carbocycles. The molecule has 1 aliphatic rings. The molecule has 3 nitrogen and oxygen atoms in total. The van der Waals surface area contributed by atoms with E-state index in [0.717, 1.165) is 36.2 Å². The summed E-state index contributed by atoms with van der Waals surface area (Å²) in [4.78, 5) is 13.9. The minimum absolute atomic E-state index is 0.0735. The summed E-state index contributed by atoms with van der Waals surface area (Å²) < 4.78 is 6.30. The van der Waals surface area contributed by atoms with Crippen molar-refractivity contribution in [2.75, 3.05) is 26.8 Å². The molecule has 17 heavy (non-hydrogen) atoms. The van der Waals surface area contributed by atoms with Gasteiger partial charge in [-0.3, -0.25) is 4.79 Å². The van der Waals surface area contributed by atoms with E-state index in [4.69, 9.17) is 4.74 Å². The second-order valence-electron chi connectivity index (χ2n) is 4.42. The second-order valence-corrected chi connectivity index (χ2v) is 5.34. The number of amides is 1. The lowest BCUT2D eigenvalue weighted by Gasteiger charge is -2.20. The van der Waals surface area contributed by atoms with Gasteiger partial charge in [-0.05, 0) is 30.7 Å². The zero-order valence-electron chi connectivity index (χ0n) is 9.86. The van der Waals surface area contributed by atoms with Gasteiger partial charge >= 0.3 is 0 Å². The van der Waals surface area contributed by atoms with Crippen LogP contribution in [0.1, 0.15) is 16.8 Å². The number of hydrogen-bond donors (Lipinski definition) is 0. The Balaban J connectivity index is 1.96. The maximum absolute atomic E-state index is 12.1. The van der Waals surface area contributed by atoms with Crippen molar-refractivity contribution in [2.45, 2.75) is 6.42 Å². The van der Waals surface area contributed by atoms with Crippen LogP contribution in [0.3, 0.4) is 0 Å². The van der Waals surface area contributed by atoms with Crippen LogP contribution >= 0.6 is 15.9 Å². The minimum atomic E-state index is 0.0735. The third kappa shape index (κ3) is 3.30. The fourth-order valence-corrected chi connectivity index (χ4v) is 2.27. The van der Waals surface area contributed by atoms with Gasteiger partial charge in [0.25, 0.3) is 5.91 Å². The zero-order valence-corrected chi connectivity index (χ0v) is 11.4. The predicted octanol–water partition coefficient (Wildman–Crippen LogP) is 2.56. The Morgan fingerprint density at radius 2 is 2.18 bits per heavy atom. The van der Waals surface area contributed by atoms with Crippen LogP contribution in [0.15, 0.2) is 28.7 Å². The van der Waals surface area contributed by atoms with Crippen LogP contribution < -0.4 is 0 Å². The third-order valence-corrected chi connectivity index (χ3v) is 3.52. The quantitative estimate of drug-likeness (QED) is 0.858. The lowest BCUT2D eigenvalue weighted by atomic mass is 10.1. The average Bonchev–Trinajstić information content (AvgIpc) is 2.82. The van der Waals surface area contributed by atoms with E-state index in [2.05, 4.69) is 15.9 Å². The Morgan fingerprint density at radius 3 is 2.76 bits per heavy atom. The summed E-state index contributed by atoms with van der Waals surface area (Å²) in [6.07, 6.45) is 1.05. The molecule has 1 heterocycles. The number of benzene rings is 1. The first-order valence-corrected chi connectivity index (χ1v) is 6.55. The summed E-state index contributed by atoms with van der Waals surface area (Å²) in [5.74, 6) is 0.559. The number of carbonyl (C=O) groups excluding carboxylic acids is 1. The normalized spacial score (nSPS) is 19.3. The molecule has 1 atom stereocenters. The van der Waals surface area contributed by atoms with Crippen molar-refractivity contribution in [1.29, 1.82) is 0 Å². The van der Waals surface area contributed by atoms with E-state index in [-0.39, 0.29) is 5.91 Å². The Kier molecular flexibility index (Phi) is 4.18. The van der Waals surface area contributed by atoms with Gasteiger partial charge in [0.1, 0.15) is 0 Å². The van der Waals surface area contributed by atoms with Crippen LogP contribution in [0, 0.1) is 5.92 Å². The van der Waals surface area contributed by atoms with Crippen LogP contribution in [-0.4, -0.2) is 37.6 Å². The summed E-state index contributed by atoms with van der Waals surface area (Å²) in [5.41, 5.74) is 0.731. The first-order chi connectivity index (χ1) is 8.16. The molecular weight excluding hydrogens is 282 g/mol. The van der Waals surface area contributed by atoms with Gasteiger partial charge in [0.2, 0.25) is 0 Å². The van der Waals surface area contributed by atoms with E-state index in [9.17, 15) is 4.79 Å². The van der Waals surface area contributed by atoms with Crippen LogP contribution in [0.4, 0.5) is 0 Å². The first kappa shape index (κ1) is 12.6. The van der Waals surface area contributed by atoms with E-state index in [1.54, 1.807) is 4.90 Å². The topological polar surface area (TPSA) is 29.5 Å². The van der Waals surface area contributed by atoms with Gasteiger partial charge in [0.05, 0.1) is 6.61 Å². The average molecular weight is 298 g/mol. The Bertz CT molecular complexity index is 385. The molecule has 1 saturated heterocycles. The fraction of sp³-hybridized carbons (Fsp3) is 0.462. The molecule has 1 aromatic rings. The molecule has 2 rings (SSSR count). The molecule has 1 amide bonds. The fourth-order valence-electron chi connectivity index (χ4n) is 2.01. The molecule has 0 N–H and O–H groups in total. The van der Waals surface area contributed by atoms with Gasteiger partial charge in [-0.1, -0.05) is 15.9 Å². The highest BCUT2D eigenvalue weighted by Gasteiger charge is 2.20. The lowest BCUT2D eigenvalue weighted by molar-refractivity contribution is 0.0766. The van der Waals surface area contributed by atoms with Crippen LogP contribution in [0.2, 0.25) is 0 Å². The Morgan fingerprint density at radius 1 is 1.47 bits per heavy atom.